The predicted octanol–water partition coefficient (Wildman–Crippen LogP) is 2.72. The molecule has 0 aliphatic carbocycles. The van der Waals surface area contributed by atoms with E-state index in [9.17, 15) is 0 Å². The molecule has 2 aromatic rings. The van der Waals surface area contributed by atoms with Gasteiger partial charge in [0.05, 0.1) is 24.1 Å². The molecule has 24 heavy (non-hydrogen) atoms. The van der Waals surface area contributed by atoms with E-state index in [2.05, 4.69) is 41.1 Å². The Labute approximate surface area is 147 Å². The highest BCUT2D eigenvalue weighted by molar-refractivity contribution is 7.17. The fourth-order valence-corrected chi connectivity index (χ4v) is 4.93. The summed E-state index contributed by atoms with van der Waals surface area (Å²) in [4.78, 5) is 15.5. The molecule has 5 nitrogen and oxygen atoms in total. The molecule has 2 atom stereocenters. The number of hydrogen-bond acceptors (Lipinski definition) is 6. The molecule has 0 bridgehead atoms. The molecule has 0 spiro atoms. The molecule has 2 fully saturated rings. The second-order valence-electron chi connectivity index (χ2n) is 7.50. The summed E-state index contributed by atoms with van der Waals surface area (Å²) < 4.78 is 6.02. The van der Waals surface area contributed by atoms with E-state index in [0.29, 0.717) is 18.1 Å². The largest absolute Gasteiger partial charge is 0.373 e. The number of ether oxygens (including phenoxy) is 1. The second-order valence-corrected chi connectivity index (χ2v) is 8.35. The van der Waals surface area contributed by atoms with Crippen molar-refractivity contribution in [1.82, 2.24) is 14.9 Å². The maximum Gasteiger partial charge on any atom is 0.141 e. The molecule has 0 N–H and O–H groups in total. The Morgan fingerprint density at radius 2 is 2.17 bits per heavy atom. The van der Waals surface area contributed by atoms with Crippen LogP contribution in [0.1, 0.15) is 25.2 Å². The summed E-state index contributed by atoms with van der Waals surface area (Å²) in [5, 5.41) is 3.54. The molecule has 6 heteroatoms. The number of rotatable bonds is 3. The number of likely N-dealkylation sites (N-methyl/N-ethyl adjacent to an activating group) is 1. The smallest absolute Gasteiger partial charge is 0.141 e. The molecule has 2 saturated heterocycles. The molecule has 130 valence electrons. The summed E-state index contributed by atoms with van der Waals surface area (Å²) in [5.74, 6) is 2.60. The number of hydrogen-bond donors (Lipinski definition) is 0. The van der Waals surface area contributed by atoms with Gasteiger partial charge in [0.2, 0.25) is 0 Å². The molecule has 0 radical (unpaired) electrons. The van der Waals surface area contributed by atoms with Crippen LogP contribution in [-0.2, 0) is 11.2 Å². The zero-order valence-corrected chi connectivity index (χ0v) is 15.8. The van der Waals surface area contributed by atoms with Crippen LogP contribution in [0.15, 0.2) is 5.38 Å². The van der Waals surface area contributed by atoms with Gasteiger partial charge in [-0.15, -0.1) is 11.3 Å². The van der Waals surface area contributed by atoms with E-state index < -0.39 is 0 Å². The summed E-state index contributed by atoms with van der Waals surface area (Å²) in [7, 11) is 2.21. The Balaban J connectivity index is 1.74. The van der Waals surface area contributed by atoms with Crippen LogP contribution in [0.4, 0.5) is 5.82 Å². The van der Waals surface area contributed by atoms with Crippen molar-refractivity contribution < 1.29 is 4.74 Å². The molecular formula is C18H26N4OS. The van der Waals surface area contributed by atoms with Gasteiger partial charge in [0.1, 0.15) is 16.5 Å². The zero-order chi connectivity index (χ0) is 16.8. The van der Waals surface area contributed by atoms with Crippen molar-refractivity contribution in [3.63, 3.8) is 0 Å². The fraction of sp³-hybridized carbons (Fsp3) is 0.667. The first kappa shape index (κ1) is 16.2. The van der Waals surface area contributed by atoms with E-state index in [4.69, 9.17) is 9.72 Å². The van der Waals surface area contributed by atoms with E-state index in [1.807, 2.05) is 6.92 Å². The first-order valence-electron chi connectivity index (χ1n) is 8.84. The molecule has 0 saturated carbocycles. The van der Waals surface area contributed by atoms with Crippen molar-refractivity contribution in [3.8, 4) is 0 Å². The van der Waals surface area contributed by atoms with Gasteiger partial charge in [0.15, 0.2) is 0 Å². The predicted molar refractivity (Wildman–Crippen MR) is 99.1 cm³/mol. The molecule has 2 aliphatic rings. The van der Waals surface area contributed by atoms with Crippen LogP contribution in [-0.4, -0.2) is 60.3 Å². The Morgan fingerprint density at radius 3 is 2.92 bits per heavy atom. The minimum Gasteiger partial charge on any atom is -0.373 e. The van der Waals surface area contributed by atoms with Gasteiger partial charge in [0, 0.05) is 19.6 Å². The molecule has 4 heterocycles. The van der Waals surface area contributed by atoms with E-state index >= 15 is 0 Å². The SMILES string of the molecule is Cc1nc(N2CC3OCCN(C)C3C2)c2c(CC(C)C)csc2n1. The highest BCUT2D eigenvalue weighted by Crippen LogP contribution is 2.36. The summed E-state index contributed by atoms with van der Waals surface area (Å²) in [5.41, 5.74) is 1.39. The van der Waals surface area contributed by atoms with Crippen LogP contribution in [0, 0.1) is 12.8 Å². The first-order valence-corrected chi connectivity index (χ1v) is 9.72. The zero-order valence-electron chi connectivity index (χ0n) is 15.0. The number of aromatic nitrogens is 2. The average molecular weight is 347 g/mol. The van der Waals surface area contributed by atoms with Crippen LogP contribution in [0.2, 0.25) is 0 Å². The highest BCUT2D eigenvalue weighted by atomic mass is 32.1. The fourth-order valence-electron chi connectivity index (χ4n) is 3.93. The minimum absolute atomic E-state index is 0.293. The van der Waals surface area contributed by atoms with Crippen molar-refractivity contribution in [3.05, 3.63) is 16.8 Å². The van der Waals surface area contributed by atoms with Crippen LogP contribution in [0.5, 0.6) is 0 Å². The maximum atomic E-state index is 6.02. The van der Waals surface area contributed by atoms with E-state index in [1.54, 1.807) is 11.3 Å². The topological polar surface area (TPSA) is 41.5 Å². The third kappa shape index (κ3) is 2.80. The Morgan fingerprint density at radius 1 is 1.33 bits per heavy atom. The number of aryl methyl sites for hydroxylation is 1. The summed E-state index contributed by atoms with van der Waals surface area (Å²) in [6.45, 7) is 10.3. The van der Waals surface area contributed by atoms with Gasteiger partial charge in [-0.1, -0.05) is 13.8 Å². The van der Waals surface area contributed by atoms with Gasteiger partial charge in [0.25, 0.3) is 0 Å². The van der Waals surface area contributed by atoms with Crippen molar-refractivity contribution in [2.45, 2.75) is 39.3 Å². The lowest BCUT2D eigenvalue weighted by atomic mass is 10.0. The monoisotopic (exact) mass is 346 g/mol. The quantitative estimate of drug-likeness (QED) is 0.855. The van der Waals surface area contributed by atoms with Gasteiger partial charge < -0.3 is 9.64 Å². The highest BCUT2D eigenvalue weighted by Gasteiger charge is 2.39. The van der Waals surface area contributed by atoms with Gasteiger partial charge in [-0.3, -0.25) is 4.90 Å². The summed E-state index contributed by atoms with van der Waals surface area (Å²) in [6, 6.07) is 0.469. The number of nitrogens with zero attached hydrogens (tertiary/aromatic N) is 4. The molecule has 2 aromatic heterocycles. The molecule has 2 aliphatic heterocycles. The van der Waals surface area contributed by atoms with E-state index in [0.717, 1.165) is 49.1 Å². The third-order valence-corrected chi connectivity index (χ3v) is 6.03. The Bertz CT molecular complexity index is 744. The second kappa shape index (κ2) is 6.24. The van der Waals surface area contributed by atoms with Crippen molar-refractivity contribution in [1.29, 1.82) is 0 Å². The first-order chi connectivity index (χ1) is 11.5. The third-order valence-electron chi connectivity index (χ3n) is 5.11. The van der Waals surface area contributed by atoms with Gasteiger partial charge in [-0.25, -0.2) is 9.97 Å². The molecule has 0 aromatic carbocycles. The van der Waals surface area contributed by atoms with Crippen LogP contribution in [0.25, 0.3) is 10.2 Å². The van der Waals surface area contributed by atoms with Crippen molar-refractivity contribution in [2.75, 3.05) is 38.2 Å². The van der Waals surface area contributed by atoms with Crippen molar-refractivity contribution in [2.24, 2.45) is 5.92 Å². The molecular weight excluding hydrogens is 320 g/mol. The number of morpholine rings is 1. The number of fused-ring (bicyclic) bond motifs is 2. The lowest BCUT2D eigenvalue weighted by molar-refractivity contribution is -0.0362. The number of thiophene rings is 1. The normalized spacial score (nSPS) is 25.0. The van der Waals surface area contributed by atoms with Crippen LogP contribution in [0.3, 0.4) is 0 Å². The van der Waals surface area contributed by atoms with E-state index in [-0.39, 0.29) is 0 Å². The summed E-state index contributed by atoms with van der Waals surface area (Å²) in [6.07, 6.45) is 1.37. The lowest BCUT2D eigenvalue weighted by Gasteiger charge is -2.33. The molecule has 2 unspecified atom stereocenters. The maximum absolute atomic E-state index is 6.02. The molecule has 0 amide bonds. The van der Waals surface area contributed by atoms with E-state index in [1.165, 1.54) is 10.9 Å². The van der Waals surface area contributed by atoms with Crippen LogP contribution >= 0.6 is 11.3 Å². The van der Waals surface area contributed by atoms with Gasteiger partial charge in [-0.05, 0) is 37.3 Å². The minimum atomic E-state index is 0.293. The summed E-state index contributed by atoms with van der Waals surface area (Å²) >= 11 is 1.75. The number of anilines is 1. The lowest BCUT2D eigenvalue weighted by Crippen LogP contribution is -2.48. The van der Waals surface area contributed by atoms with Crippen LogP contribution < -0.4 is 4.90 Å². The van der Waals surface area contributed by atoms with Gasteiger partial charge in [-0.2, -0.15) is 0 Å². The average Bonchev–Trinajstić information content (AvgIpc) is 3.11. The van der Waals surface area contributed by atoms with Crippen molar-refractivity contribution >= 4 is 27.4 Å². The Kier molecular flexibility index (Phi) is 4.22. The molecule has 4 rings (SSSR count). The van der Waals surface area contributed by atoms with Gasteiger partial charge >= 0.3 is 0 Å². The Hall–Kier alpha value is -1.24. The standard InChI is InChI=1S/C18H26N4OS/c1-11(2)7-13-10-24-18-16(13)17(19-12(3)20-18)22-8-14-15(9-22)23-6-5-21(14)4/h10-11,14-15H,5-9H2,1-4H3.